The molecule has 0 aliphatic rings. The molecular weight excluding hydrogens is 576 g/mol. The van der Waals surface area contributed by atoms with Crippen LogP contribution in [0.4, 0.5) is 5.13 Å². The van der Waals surface area contributed by atoms with Gasteiger partial charge in [0.25, 0.3) is 5.91 Å². The first-order chi connectivity index (χ1) is 17.8. The van der Waals surface area contributed by atoms with Gasteiger partial charge in [0.2, 0.25) is 15.2 Å². The monoisotopic (exact) mass is 600 g/mol. The van der Waals surface area contributed by atoms with Gasteiger partial charge in [-0.05, 0) is 72.3 Å². The van der Waals surface area contributed by atoms with Crippen molar-refractivity contribution in [1.29, 1.82) is 0 Å². The van der Waals surface area contributed by atoms with Crippen LogP contribution in [0.2, 0.25) is 0 Å². The molecule has 192 valence electrons. The van der Waals surface area contributed by atoms with Crippen molar-refractivity contribution >= 4 is 64.8 Å². The van der Waals surface area contributed by atoms with Crippen molar-refractivity contribution in [2.24, 2.45) is 5.10 Å². The predicted molar refractivity (Wildman–Crippen MR) is 151 cm³/mol. The van der Waals surface area contributed by atoms with Crippen LogP contribution in [0.5, 0.6) is 5.75 Å². The maximum absolute atomic E-state index is 13.6. The van der Waals surface area contributed by atoms with E-state index in [4.69, 9.17) is 4.74 Å². The minimum absolute atomic E-state index is 0.130. The number of carbonyl (C=O) groups excluding carboxylic acids is 1. The number of thiazole rings is 1. The minimum atomic E-state index is -3.64. The fourth-order valence-electron chi connectivity index (χ4n) is 3.58. The smallest absolute Gasteiger partial charge is 0.280 e. The molecule has 0 saturated carbocycles. The first-order valence-electron chi connectivity index (χ1n) is 11.5. The van der Waals surface area contributed by atoms with Crippen LogP contribution in [0, 0.1) is 0 Å². The fourth-order valence-corrected chi connectivity index (χ4v) is 6.52. The van der Waals surface area contributed by atoms with Gasteiger partial charge in [0.05, 0.1) is 28.4 Å². The van der Waals surface area contributed by atoms with Gasteiger partial charge in [-0.1, -0.05) is 41.1 Å². The Bertz CT molecular complexity index is 1530. The third-order valence-electron chi connectivity index (χ3n) is 5.60. The largest absolute Gasteiger partial charge is 0.497 e. The molecule has 4 aromatic rings. The summed E-state index contributed by atoms with van der Waals surface area (Å²) in [5, 5.41) is 6.09. The number of benzene rings is 3. The zero-order valence-corrected chi connectivity index (χ0v) is 23.7. The molecule has 0 N–H and O–H groups in total. The van der Waals surface area contributed by atoms with Crippen LogP contribution in [0.3, 0.4) is 0 Å². The summed E-state index contributed by atoms with van der Waals surface area (Å²) in [5.41, 5.74) is 1.79. The second-order valence-corrected chi connectivity index (χ2v) is 11.7. The SMILES string of the molecule is CCN(CC)S(=O)(=O)c1ccc(C(=O)N(/N=C/c2ccc(OC)cc2)c2nc3ccc(Br)cc3s2)cc1. The number of rotatable bonds is 9. The molecule has 0 fully saturated rings. The van der Waals surface area contributed by atoms with Gasteiger partial charge in [0.1, 0.15) is 5.75 Å². The van der Waals surface area contributed by atoms with Gasteiger partial charge in [-0.2, -0.15) is 14.4 Å². The van der Waals surface area contributed by atoms with E-state index in [9.17, 15) is 13.2 Å². The molecular formula is C26H25BrN4O4S2. The topological polar surface area (TPSA) is 92.2 Å². The Hall–Kier alpha value is -3.12. The highest BCUT2D eigenvalue weighted by molar-refractivity contribution is 9.10. The number of sulfonamides is 1. The number of fused-ring (bicyclic) bond motifs is 1. The number of carbonyl (C=O) groups is 1. The Morgan fingerprint density at radius 3 is 2.35 bits per heavy atom. The van der Waals surface area contributed by atoms with Crippen molar-refractivity contribution < 1.29 is 17.9 Å². The Labute approximate surface area is 228 Å². The Kier molecular flexibility index (Phi) is 8.38. The first kappa shape index (κ1) is 26.9. The van der Waals surface area contributed by atoms with Crippen molar-refractivity contribution in [3.63, 3.8) is 0 Å². The van der Waals surface area contributed by atoms with E-state index in [0.29, 0.717) is 24.0 Å². The van der Waals surface area contributed by atoms with E-state index in [1.807, 2.05) is 30.3 Å². The van der Waals surface area contributed by atoms with E-state index >= 15 is 0 Å². The standard InChI is InChI=1S/C26H25BrN4O4S2/c1-4-30(5-2)37(33,34)22-13-8-19(9-14-22)25(32)31(28-17-18-6-11-21(35-3)12-7-18)26-29-23-15-10-20(27)16-24(23)36-26/h6-17H,4-5H2,1-3H3/b28-17+. The third-order valence-corrected chi connectivity index (χ3v) is 9.15. The molecule has 0 radical (unpaired) electrons. The van der Waals surface area contributed by atoms with E-state index in [1.165, 1.54) is 44.9 Å². The Morgan fingerprint density at radius 2 is 1.73 bits per heavy atom. The summed E-state index contributed by atoms with van der Waals surface area (Å²) < 4.78 is 34.1. The molecule has 0 atom stereocenters. The molecule has 0 aliphatic heterocycles. The highest BCUT2D eigenvalue weighted by Gasteiger charge is 2.24. The predicted octanol–water partition coefficient (Wildman–Crippen LogP) is 5.78. The zero-order valence-electron chi connectivity index (χ0n) is 20.5. The number of halogens is 1. The lowest BCUT2D eigenvalue weighted by Crippen LogP contribution is -2.30. The van der Waals surface area contributed by atoms with Crippen LogP contribution in [0.15, 0.2) is 81.2 Å². The van der Waals surface area contributed by atoms with Crippen molar-refractivity contribution in [2.75, 3.05) is 25.2 Å². The lowest BCUT2D eigenvalue weighted by atomic mass is 10.2. The first-order valence-corrected chi connectivity index (χ1v) is 14.5. The van der Waals surface area contributed by atoms with Gasteiger partial charge in [0.15, 0.2) is 0 Å². The van der Waals surface area contributed by atoms with Crippen molar-refractivity contribution in [2.45, 2.75) is 18.7 Å². The van der Waals surface area contributed by atoms with Crippen LogP contribution >= 0.6 is 27.3 Å². The number of nitrogens with zero attached hydrogens (tertiary/aromatic N) is 4. The minimum Gasteiger partial charge on any atom is -0.497 e. The van der Waals surface area contributed by atoms with E-state index in [2.05, 4.69) is 26.0 Å². The number of hydrogen-bond donors (Lipinski definition) is 0. The van der Waals surface area contributed by atoms with Crippen molar-refractivity contribution in [3.05, 3.63) is 82.3 Å². The summed E-state index contributed by atoms with van der Waals surface area (Å²) in [7, 11) is -2.04. The Morgan fingerprint density at radius 1 is 1.05 bits per heavy atom. The quantitative estimate of drug-likeness (QED) is 0.179. The van der Waals surface area contributed by atoms with Crippen LogP contribution in [0.25, 0.3) is 10.2 Å². The van der Waals surface area contributed by atoms with E-state index in [0.717, 1.165) is 20.3 Å². The summed E-state index contributed by atoms with van der Waals surface area (Å²) in [6, 6.07) is 18.8. The van der Waals surface area contributed by atoms with Gasteiger partial charge < -0.3 is 4.74 Å². The average Bonchev–Trinajstić information content (AvgIpc) is 3.32. The van der Waals surface area contributed by atoms with E-state index < -0.39 is 15.9 Å². The normalized spacial score (nSPS) is 11.9. The summed E-state index contributed by atoms with van der Waals surface area (Å²) >= 11 is 4.80. The van der Waals surface area contributed by atoms with Crippen molar-refractivity contribution in [3.8, 4) is 5.75 Å². The van der Waals surface area contributed by atoms with Crippen LogP contribution < -0.4 is 9.75 Å². The van der Waals surface area contributed by atoms with Gasteiger partial charge in [-0.3, -0.25) is 4.79 Å². The Balaban J connectivity index is 1.70. The van der Waals surface area contributed by atoms with Gasteiger partial charge in [0, 0.05) is 23.1 Å². The molecule has 1 heterocycles. The van der Waals surface area contributed by atoms with E-state index in [-0.39, 0.29) is 10.5 Å². The van der Waals surface area contributed by atoms with Crippen LogP contribution in [0.1, 0.15) is 29.8 Å². The van der Waals surface area contributed by atoms with Gasteiger partial charge >= 0.3 is 0 Å². The van der Waals surface area contributed by atoms with Gasteiger partial charge in [-0.25, -0.2) is 13.4 Å². The molecule has 8 nitrogen and oxygen atoms in total. The summed E-state index contributed by atoms with van der Waals surface area (Å²) in [6.07, 6.45) is 1.57. The van der Waals surface area contributed by atoms with Crippen LogP contribution in [-0.4, -0.2) is 50.0 Å². The maximum atomic E-state index is 13.6. The summed E-state index contributed by atoms with van der Waals surface area (Å²) in [6.45, 7) is 4.30. The third kappa shape index (κ3) is 5.90. The number of methoxy groups -OCH3 is 1. The number of anilines is 1. The molecule has 0 unspecified atom stereocenters. The molecule has 37 heavy (non-hydrogen) atoms. The second kappa shape index (κ2) is 11.5. The molecule has 0 spiro atoms. The lowest BCUT2D eigenvalue weighted by Gasteiger charge is -2.19. The molecule has 0 aliphatic carbocycles. The maximum Gasteiger partial charge on any atom is 0.280 e. The average molecular weight is 602 g/mol. The molecule has 11 heteroatoms. The number of hydrogen-bond acceptors (Lipinski definition) is 7. The second-order valence-electron chi connectivity index (χ2n) is 7.86. The highest BCUT2D eigenvalue weighted by Crippen LogP contribution is 2.32. The highest BCUT2D eigenvalue weighted by atomic mass is 79.9. The molecule has 0 bridgehead atoms. The van der Waals surface area contributed by atoms with Crippen LogP contribution in [-0.2, 0) is 10.0 Å². The molecule has 1 amide bonds. The molecule has 4 rings (SSSR count). The summed E-state index contributed by atoms with van der Waals surface area (Å²) in [5.74, 6) is 0.274. The number of aromatic nitrogens is 1. The molecule has 3 aromatic carbocycles. The molecule has 1 aromatic heterocycles. The van der Waals surface area contributed by atoms with Crippen molar-refractivity contribution in [1.82, 2.24) is 9.29 Å². The summed E-state index contributed by atoms with van der Waals surface area (Å²) in [4.78, 5) is 18.3. The zero-order chi connectivity index (χ0) is 26.6. The van der Waals surface area contributed by atoms with Gasteiger partial charge in [-0.15, -0.1) is 0 Å². The number of amides is 1. The molecule has 0 saturated heterocycles. The number of hydrazone groups is 1. The fraction of sp³-hybridized carbons (Fsp3) is 0.192. The van der Waals surface area contributed by atoms with E-state index in [1.54, 1.807) is 39.3 Å². The lowest BCUT2D eigenvalue weighted by molar-refractivity contribution is 0.0987. The number of ether oxygens (including phenoxy) is 1.